The summed E-state index contributed by atoms with van der Waals surface area (Å²) in [6, 6.07) is 0. The van der Waals surface area contributed by atoms with Crippen LogP contribution in [0.15, 0.2) is 0 Å². The normalized spacial score (nSPS) is 10.4. The average Bonchev–Trinajstić information content (AvgIpc) is 2.35. The van der Waals surface area contributed by atoms with Crippen LogP contribution in [0.1, 0.15) is 27.2 Å². The molecule has 0 heterocycles. The van der Waals surface area contributed by atoms with Crippen molar-refractivity contribution in [3.63, 3.8) is 0 Å². The summed E-state index contributed by atoms with van der Waals surface area (Å²) in [5.41, 5.74) is 0. The van der Waals surface area contributed by atoms with E-state index in [2.05, 4.69) is 35.5 Å². The van der Waals surface area contributed by atoms with Gasteiger partial charge in [0.1, 0.15) is 0 Å². The van der Waals surface area contributed by atoms with Crippen molar-refractivity contribution < 1.29 is 9.53 Å². The van der Waals surface area contributed by atoms with E-state index in [1.54, 1.807) is 0 Å². The maximum Gasteiger partial charge on any atom is 0.306 e. The fourth-order valence-electron chi connectivity index (χ4n) is 1.41. The number of hydrazine groups is 1. The van der Waals surface area contributed by atoms with Crippen molar-refractivity contribution in [3.8, 4) is 0 Å². The largest absolute Gasteiger partial charge is 0.469 e. The summed E-state index contributed by atoms with van der Waals surface area (Å²) >= 11 is 6.89. The van der Waals surface area contributed by atoms with Gasteiger partial charge in [0.2, 0.25) is 0 Å². The van der Waals surface area contributed by atoms with Gasteiger partial charge in [-0.3, -0.25) is 9.80 Å². The number of methoxy groups -OCH3 is 1. The number of thiocarbonyl (C=S) groups is 1. The highest BCUT2D eigenvalue weighted by Crippen LogP contribution is 2.13. The molecule has 0 rings (SSSR count). The molecule has 0 saturated carbocycles. The molecule has 6 heteroatoms. The summed E-state index contributed by atoms with van der Waals surface area (Å²) in [5.74, 6) is 0.481. The van der Waals surface area contributed by atoms with Crippen molar-refractivity contribution in [2.45, 2.75) is 27.2 Å². The Bertz CT molecular complexity index is 246. The van der Waals surface area contributed by atoms with Gasteiger partial charge in [-0.15, -0.1) is 0 Å². The lowest BCUT2D eigenvalue weighted by atomic mass is 10.5. The molecule has 0 unspecified atom stereocenters. The maximum absolute atomic E-state index is 11.0. The molecule has 0 bridgehead atoms. The van der Waals surface area contributed by atoms with Crippen molar-refractivity contribution in [2.24, 2.45) is 0 Å². The van der Waals surface area contributed by atoms with E-state index in [-0.39, 0.29) is 5.97 Å². The first-order valence-corrected chi connectivity index (χ1v) is 7.25. The Morgan fingerprint density at radius 2 is 1.82 bits per heavy atom. The number of thioether (sulfide) groups is 1. The predicted octanol–water partition coefficient (Wildman–Crippen LogP) is 2.15. The first-order chi connectivity index (χ1) is 8.10. The summed E-state index contributed by atoms with van der Waals surface area (Å²) in [7, 11) is 1.40. The van der Waals surface area contributed by atoms with Crippen LogP contribution in [-0.2, 0) is 9.53 Å². The molecule has 0 saturated heterocycles. The standard InChI is InChI=1S/C11H22N2O2S2/c1-5-12(6-2)13(7-3)11(16)17-9-8-10(14)15-4/h5-9H2,1-4H3. The van der Waals surface area contributed by atoms with Gasteiger partial charge in [-0.1, -0.05) is 37.8 Å². The second-order valence-corrected chi connectivity index (χ2v) is 5.02. The van der Waals surface area contributed by atoms with Crippen LogP contribution >= 0.6 is 24.0 Å². The van der Waals surface area contributed by atoms with Gasteiger partial charge in [0.25, 0.3) is 0 Å². The lowest BCUT2D eigenvalue weighted by molar-refractivity contribution is -0.140. The average molecular weight is 278 g/mol. The van der Waals surface area contributed by atoms with Crippen molar-refractivity contribution in [1.82, 2.24) is 10.0 Å². The Balaban J connectivity index is 4.12. The van der Waals surface area contributed by atoms with Crippen LogP contribution in [0.25, 0.3) is 0 Å². The zero-order valence-corrected chi connectivity index (χ0v) is 12.7. The molecule has 0 aromatic carbocycles. The van der Waals surface area contributed by atoms with Crippen LogP contribution in [0.3, 0.4) is 0 Å². The van der Waals surface area contributed by atoms with Gasteiger partial charge in [-0.2, -0.15) is 0 Å². The number of ether oxygens (including phenoxy) is 1. The number of carbonyl (C=O) groups is 1. The Labute approximate surface area is 114 Å². The zero-order chi connectivity index (χ0) is 13.3. The van der Waals surface area contributed by atoms with Gasteiger partial charge in [0, 0.05) is 25.4 Å². The molecule has 100 valence electrons. The first kappa shape index (κ1) is 16.7. The minimum absolute atomic E-state index is 0.189. The van der Waals surface area contributed by atoms with E-state index in [1.165, 1.54) is 18.9 Å². The summed E-state index contributed by atoms with van der Waals surface area (Å²) in [6.07, 6.45) is 0.400. The van der Waals surface area contributed by atoms with E-state index >= 15 is 0 Å². The van der Waals surface area contributed by atoms with Crippen molar-refractivity contribution in [2.75, 3.05) is 32.5 Å². The Kier molecular flexibility index (Phi) is 9.49. The molecule has 0 spiro atoms. The SMILES string of the molecule is CCN(CC)N(CC)C(=S)SCCC(=O)OC. The Morgan fingerprint density at radius 3 is 2.24 bits per heavy atom. The van der Waals surface area contributed by atoms with E-state index in [0.717, 1.165) is 24.0 Å². The third kappa shape index (κ3) is 6.24. The van der Waals surface area contributed by atoms with Crippen LogP contribution < -0.4 is 0 Å². The maximum atomic E-state index is 11.0. The minimum atomic E-state index is -0.189. The highest BCUT2D eigenvalue weighted by atomic mass is 32.2. The quantitative estimate of drug-likeness (QED) is 0.403. The molecule has 0 aliphatic heterocycles. The molecule has 0 N–H and O–H groups in total. The summed E-state index contributed by atoms with van der Waals surface area (Å²) in [5, 5.41) is 4.27. The van der Waals surface area contributed by atoms with Crippen molar-refractivity contribution in [3.05, 3.63) is 0 Å². The number of esters is 1. The lowest BCUT2D eigenvalue weighted by Gasteiger charge is -2.34. The summed E-state index contributed by atoms with van der Waals surface area (Å²) in [6.45, 7) is 9.00. The molecular weight excluding hydrogens is 256 g/mol. The molecule has 0 atom stereocenters. The highest BCUT2D eigenvalue weighted by Gasteiger charge is 2.14. The zero-order valence-electron chi connectivity index (χ0n) is 11.1. The Hall–Kier alpha value is -0.330. The predicted molar refractivity (Wildman–Crippen MR) is 77.0 cm³/mol. The van der Waals surface area contributed by atoms with Gasteiger partial charge in [-0.05, 0) is 6.92 Å². The summed E-state index contributed by atoms with van der Waals surface area (Å²) in [4.78, 5) is 11.0. The van der Waals surface area contributed by atoms with E-state index < -0.39 is 0 Å². The fraction of sp³-hybridized carbons (Fsp3) is 0.818. The molecule has 17 heavy (non-hydrogen) atoms. The second kappa shape index (κ2) is 9.67. The van der Waals surface area contributed by atoms with E-state index in [0.29, 0.717) is 12.2 Å². The van der Waals surface area contributed by atoms with Crippen LogP contribution in [0.2, 0.25) is 0 Å². The molecular formula is C11H22N2O2S2. The molecule has 0 amide bonds. The minimum Gasteiger partial charge on any atom is -0.469 e. The molecule has 0 aromatic rings. The van der Waals surface area contributed by atoms with E-state index in [4.69, 9.17) is 12.2 Å². The first-order valence-electron chi connectivity index (χ1n) is 5.86. The Morgan fingerprint density at radius 1 is 1.24 bits per heavy atom. The molecule has 0 fully saturated rings. The van der Waals surface area contributed by atoms with Gasteiger partial charge in [-0.25, -0.2) is 5.01 Å². The molecule has 0 aromatic heterocycles. The lowest BCUT2D eigenvalue weighted by Crippen LogP contribution is -2.44. The monoisotopic (exact) mass is 278 g/mol. The van der Waals surface area contributed by atoms with Crippen LogP contribution in [0, 0.1) is 0 Å². The van der Waals surface area contributed by atoms with Gasteiger partial charge in [0.05, 0.1) is 13.5 Å². The molecule has 4 nitrogen and oxygen atoms in total. The van der Waals surface area contributed by atoms with Crippen molar-refractivity contribution in [1.29, 1.82) is 0 Å². The smallest absolute Gasteiger partial charge is 0.306 e. The number of hydrogen-bond donors (Lipinski definition) is 0. The third-order valence-corrected chi connectivity index (χ3v) is 3.77. The number of nitrogens with zero attached hydrogens (tertiary/aromatic N) is 2. The van der Waals surface area contributed by atoms with E-state index in [9.17, 15) is 4.79 Å². The fourth-order valence-corrected chi connectivity index (χ4v) is 2.74. The van der Waals surface area contributed by atoms with Gasteiger partial charge in [0.15, 0.2) is 4.32 Å². The van der Waals surface area contributed by atoms with Gasteiger partial charge < -0.3 is 4.74 Å². The van der Waals surface area contributed by atoms with Crippen LogP contribution in [-0.4, -0.2) is 52.8 Å². The molecule has 0 radical (unpaired) electrons. The van der Waals surface area contributed by atoms with Crippen LogP contribution in [0.4, 0.5) is 0 Å². The number of hydrogen-bond acceptors (Lipinski definition) is 5. The van der Waals surface area contributed by atoms with Crippen molar-refractivity contribution >= 4 is 34.3 Å². The number of rotatable bonds is 7. The van der Waals surface area contributed by atoms with E-state index in [1.807, 2.05) is 0 Å². The molecule has 0 aliphatic carbocycles. The summed E-state index contributed by atoms with van der Waals surface area (Å²) < 4.78 is 5.41. The van der Waals surface area contributed by atoms with Crippen LogP contribution in [0.5, 0.6) is 0 Å². The molecule has 0 aliphatic rings. The topological polar surface area (TPSA) is 32.8 Å². The highest BCUT2D eigenvalue weighted by molar-refractivity contribution is 8.22. The van der Waals surface area contributed by atoms with Gasteiger partial charge >= 0.3 is 5.97 Å². The third-order valence-electron chi connectivity index (χ3n) is 2.34. The second-order valence-electron chi connectivity index (χ2n) is 3.30. The number of carbonyl (C=O) groups excluding carboxylic acids is 1.